The van der Waals surface area contributed by atoms with Crippen LogP contribution in [0.5, 0.6) is 0 Å². The third-order valence-corrected chi connectivity index (χ3v) is 6.67. The number of nitrogens with zero attached hydrogens (tertiary/aromatic N) is 5. The molecule has 1 aliphatic carbocycles. The van der Waals surface area contributed by atoms with Crippen LogP contribution in [0.25, 0.3) is 23.0 Å². The lowest BCUT2D eigenvalue weighted by Gasteiger charge is -2.31. The van der Waals surface area contributed by atoms with Gasteiger partial charge in [0.2, 0.25) is 23.4 Å². The molecule has 0 amide bonds. The second-order valence-electron chi connectivity index (χ2n) is 8.35. The van der Waals surface area contributed by atoms with Gasteiger partial charge in [-0.3, -0.25) is 4.90 Å². The molecule has 6 rings (SSSR count). The summed E-state index contributed by atoms with van der Waals surface area (Å²) in [6, 6.07) is 11.2. The Morgan fingerprint density at radius 3 is 2.71 bits per heavy atom. The Labute approximate surface area is 183 Å². The van der Waals surface area contributed by atoms with Gasteiger partial charge in [0.1, 0.15) is 0 Å². The van der Waals surface area contributed by atoms with E-state index in [1.54, 1.807) is 6.26 Å². The summed E-state index contributed by atoms with van der Waals surface area (Å²) in [6.45, 7) is 2.60. The predicted octanol–water partition coefficient (Wildman–Crippen LogP) is 4.80. The summed E-state index contributed by atoms with van der Waals surface area (Å²) in [4.78, 5) is 11.5. The summed E-state index contributed by atoms with van der Waals surface area (Å²) in [7, 11) is 0. The highest BCUT2D eigenvalue weighted by molar-refractivity contribution is 6.30. The normalized spacial score (nSPS) is 20.4. The zero-order chi connectivity index (χ0) is 20.8. The maximum atomic E-state index is 6.08. The molecule has 0 bridgehead atoms. The molecule has 2 aliphatic rings. The molecule has 1 atom stereocenters. The van der Waals surface area contributed by atoms with Crippen molar-refractivity contribution in [3.8, 4) is 23.0 Å². The number of furan rings is 1. The van der Waals surface area contributed by atoms with Crippen LogP contribution in [0.15, 0.2) is 56.1 Å². The molecule has 9 heteroatoms. The number of hydrogen-bond donors (Lipinski definition) is 0. The van der Waals surface area contributed by atoms with E-state index in [1.165, 1.54) is 0 Å². The van der Waals surface area contributed by atoms with Crippen LogP contribution in [0.3, 0.4) is 0 Å². The third kappa shape index (κ3) is 3.55. The first-order valence-electron chi connectivity index (χ1n) is 10.4. The highest BCUT2D eigenvalue weighted by Crippen LogP contribution is 2.64. The number of piperidine rings is 1. The van der Waals surface area contributed by atoms with Crippen molar-refractivity contribution in [2.45, 2.75) is 31.7 Å². The first kappa shape index (κ1) is 18.8. The van der Waals surface area contributed by atoms with Crippen LogP contribution >= 0.6 is 11.6 Å². The van der Waals surface area contributed by atoms with E-state index in [2.05, 4.69) is 25.2 Å². The molecule has 4 heterocycles. The van der Waals surface area contributed by atoms with E-state index in [9.17, 15) is 0 Å². The van der Waals surface area contributed by atoms with Gasteiger partial charge in [0.05, 0.1) is 12.8 Å². The van der Waals surface area contributed by atoms with Gasteiger partial charge < -0.3 is 13.5 Å². The molecule has 0 unspecified atom stereocenters. The number of benzene rings is 1. The van der Waals surface area contributed by atoms with Crippen molar-refractivity contribution in [3.05, 3.63) is 59.5 Å². The number of halogens is 1. The van der Waals surface area contributed by atoms with Gasteiger partial charge in [-0.15, -0.1) is 0 Å². The molecule has 4 aromatic rings. The lowest BCUT2D eigenvalue weighted by Crippen LogP contribution is -2.34. The number of aromatic nitrogens is 4. The minimum Gasteiger partial charge on any atom is -0.461 e. The summed E-state index contributed by atoms with van der Waals surface area (Å²) in [6.07, 6.45) is 4.88. The number of hydrogen-bond acceptors (Lipinski definition) is 8. The Balaban J connectivity index is 1.07. The average molecular weight is 438 g/mol. The van der Waals surface area contributed by atoms with E-state index in [4.69, 9.17) is 25.1 Å². The van der Waals surface area contributed by atoms with Crippen molar-refractivity contribution < 1.29 is 13.5 Å². The average Bonchev–Trinajstić information content (AvgIpc) is 3.30. The van der Waals surface area contributed by atoms with Crippen molar-refractivity contribution in [1.29, 1.82) is 0 Å². The third-order valence-electron chi connectivity index (χ3n) is 6.43. The Morgan fingerprint density at radius 1 is 1.03 bits per heavy atom. The zero-order valence-electron chi connectivity index (χ0n) is 16.7. The van der Waals surface area contributed by atoms with Crippen molar-refractivity contribution in [1.82, 2.24) is 25.2 Å². The Hall–Kier alpha value is -2.97. The number of likely N-dealkylation sites (tertiary alicyclic amines) is 1. The molecule has 8 nitrogen and oxygen atoms in total. The molecular formula is C22H20ClN5O3. The summed E-state index contributed by atoms with van der Waals surface area (Å²) in [5, 5.41) is 8.84. The van der Waals surface area contributed by atoms with Crippen molar-refractivity contribution in [3.63, 3.8) is 0 Å². The van der Waals surface area contributed by atoms with Crippen LogP contribution in [0.1, 0.15) is 37.0 Å². The molecule has 1 saturated carbocycles. The van der Waals surface area contributed by atoms with E-state index >= 15 is 0 Å². The van der Waals surface area contributed by atoms with Crippen molar-refractivity contribution in [2.24, 2.45) is 5.41 Å². The molecule has 3 aromatic heterocycles. The maximum Gasteiger partial charge on any atom is 0.241 e. The first-order valence-corrected chi connectivity index (χ1v) is 10.7. The molecule has 158 valence electrons. The van der Waals surface area contributed by atoms with Gasteiger partial charge in [0, 0.05) is 16.5 Å². The van der Waals surface area contributed by atoms with Gasteiger partial charge in [-0.05, 0) is 62.0 Å². The van der Waals surface area contributed by atoms with E-state index < -0.39 is 0 Å². The molecule has 1 saturated heterocycles. The van der Waals surface area contributed by atoms with Gasteiger partial charge in [-0.1, -0.05) is 34.0 Å². The molecule has 0 N–H and O–H groups in total. The van der Waals surface area contributed by atoms with Gasteiger partial charge in [0.15, 0.2) is 5.76 Å². The van der Waals surface area contributed by atoms with Crippen LogP contribution < -0.4 is 0 Å². The second-order valence-corrected chi connectivity index (χ2v) is 8.79. The summed E-state index contributed by atoms with van der Waals surface area (Å²) in [5.41, 5.74) is 1.14. The van der Waals surface area contributed by atoms with Crippen LogP contribution in [-0.2, 0) is 6.54 Å². The smallest absolute Gasteiger partial charge is 0.241 e. The van der Waals surface area contributed by atoms with Crippen LogP contribution in [-0.4, -0.2) is 38.3 Å². The highest BCUT2D eigenvalue weighted by atomic mass is 35.5. The highest BCUT2D eigenvalue weighted by Gasteiger charge is 2.58. The largest absolute Gasteiger partial charge is 0.461 e. The fraction of sp³-hybridized carbons (Fsp3) is 0.364. The topological polar surface area (TPSA) is 94.2 Å². The Bertz CT molecular complexity index is 1190. The molecular weight excluding hydrogens is 418 g/mol. The minimum atomic E-state index is 0.267. The Kier molecular flexibility index (Phi) is 4.43. The summed E-state index contributed by atoms with van der Waals surface area (Å²) >= 11 is 6.08. The molecule has 2 fully saturated rings. The zero-order valence-corrected chi connectivity index (χ0v) is 17.5. The number of rotatable bonds is 5. The quantitative estimate of drug-likeness (QED) is 0.439. The van der Waals surface area contributed by atoms with E-state index in [-0.39, 0.29) is 5.41 Å². The van der Waals surface area contributed by atoms with Crippen LogP contribution in [0.4, 0.5) is 0 Å². The van der Waals surface area contributed by atoms with Crippen LogP contribution in [0.2, 0.25) is 5.02 Å². The SMILES string of the molecule is Clc1cccc(-c2noc([C@H]3CC34CCN(Cc3nc(-c5ccco5)no3)CC4)n2)c1. The van der Waals surface area contributed by atoms with Gasteiger partial charge in [-0.25, -0.2) is 0 Å². The second kappa shape index (κ2) is 7.32. The molecule has 1 aliphatic heterocycles. The first-order chi connectivity index (χ1) is 15.2. The fourth-order valence-corrected chi connectivity index (χ4v) is 4.73. The van der Waals surface area contributed by atoms with Crippen molar-refractivity contribution >= 4 is 11.6 Å². The summed E-state index contributed by atoms with van der Waals surface area (Å²) in [5.74, 6) is 3.39. The predicted molar refractivity (Wildman–Crippen MR) is 111 cm³/mol. The fourth-order valence-electron chi connectivity index (χ4n) is 4.54. The van der Waals surface area contributed by atoms with Gasteiger partial charge >= 0.3 is 0 Å². The lowest BCUT2D eigenvalue weighted by molar-refractivity contribution is 0.144. The molecule has 31 heavy (non-hydrogen) atoms. The van der Waals surface area contributed by atoms with E-state index in [0.29, 0.717) is 40.8 Å². The van der Waals surface area contributed by atoms with E-state index in [0.717, 1.165) is 43.8 Å². The maximum absolute atomic E-state index is 6.08. The standard InChI is InChI=1S/C22H20ClN5O3/c23-15-4-1-3-14(11-15)19-25-21(31-26-19)16-12-22(16)6-8-28(9-7-22)13-18-24-20(27-30-18)17-5-2-10-29-17/h1-5,10-11,16H,6-9,12-13H2/t16-/m1/s1. The molecule has 1 aromatic carbocycles. The van der Waals surface area contributed by atoms with Crippen LogP contribution in [0, 0.1) is 5.41 Å². The minimum absolute atomic E-state index is 0.267. The Morgan fingerprint density at radius 2 is 1.90 bits per heavy atom. The lowest BCUT2D eigenvalue weighted by atomic mass is 9.91. The van der Waals surface area contributed by atoms with Crippen molar-refractivity contribution in [2.75, 3.05) is 13.1 Å². The molecule has 0 radical (unpaired) electrons. The van der Waals surface area contributed by atoms with Gasteiger partial charge in [0.25, 0.3) is 0 Å². The van der Waals surface area contributed by atoms with Gasteiger partial charge in [-0.2, -0.15) is 9.97 Å². The van der Waals surface area contributed by atoms with E-state index in [1.807, 2.05) is 36.4 Å². The summed E-state index contributed by atoms with van der Waals surface area (Å²) < 4.78 is 16.3. The molecule has 1 spiro atoms. The monoisotopic (exact) mass is 437 g/mol.